The van der Waals surface area contributed by atoms with E-state index < -0.39 is 0 Å². The molecule has 0 aliphatic rings. The fraction of sp³-hybridized carbons (Fsp3) is 0.500. The normalized spacial score (nSPS) is 12.2. The molecule has 2 aromatic carbocycles. The van der Waals surface area contributed by atoms with Gasteiger partial charge < -0.3 is 15.4 Å². The molecule has 0 heterocycles. The Bertz CT molecular complexity index is 787. The third-order valence-electron chi connectivity index (χ3n) is 5.74. The predicted molar refractivity (Wildman–Crippen MR) is 129 cm³/mol. The van der Waals surface area contributed by atoms with Gasteiger partial charge in [-0.05, 0) is 54.1 Å². The highest BCUT2D eigenvalue weighted by Gasteiger charge is 2.11. The molecule has 31 heavy (non-hydrogen) atoms. The summed E-state index contributed by atoms with van der Waals surface area (Å²) < 4.78 is 5.54. The fourth-order valence-electron chi connectivity index (χ4n) is 3.83. The summed E-state index contributed by atoms with van der Waals surface area (Å²) >= 11 is 0. The van der Waals surface area contributed by atoms with Crippen molar-refractivity contribution in [2.75, 3.05) is 33.8 Å². The van der Waals surface area contributed by atoms with Gasteiger partial charge in [0.2, 0.25) is 5.91 Å². The minimum absolute atomic E-state index is 0.0390. The van der Waals surface area contributed by atoms with Crippen LogP contribution in [0.5, 0.6) is 0 Å². The Hall–Kier alpha value is -2.21. The Labute approximate surface area is 188 Å². The van der Waals surface area contributed by atoms with E-state index in [2.05, 4.69) is 55.1 Å². The van der Waals surface area contributed by atoms with Gasteiger partial charge in [-0.15, -0.1) is 0 Å². The van der Waals surface area contributed by atoms with Gasteiger partial charge in [0.1, 0.15) is 0 Å². The second-order valence-corrected chi connectivity index (χ2v) is 8.18. The van der Waals surface area contributed by atoms with E-state index in [-0.39, 0.29) is 12.5 Å². The van der Waals surface area contributed by atoms with E-state index in [0.717, 1.165) is 50.0 Å². The summed E-state index contributed by atoms with van der Waals surface area (Å²) in [5.74, 6) is -0.0536. The van der Waals surface area contributed by atoms with Gasteiger partial charge in [0.15, 0.2) is 0 Å². The highest BCUT2D eigenvalue weighted by atomic mass is 16.5. The molecule has 5 nitrogen and oxygen atoms in total. The lowest BCUT2D eigenvalue weighted by Gasteiger charge is -2.24. The van der Waals surface area contributed by atoms with Gasteiger partial charge in [0, 0.05) is 33.8 Å². The zero-order valence-corrected chi connectivity index (χ0v) is 19.6. The van der Waals surface area contributed by atoms with Crippen LogP contribution in [-0.2, 0) is 22.6 Å². The highest BCUT2D eigenvalue weighted by Crippen LogP contribution is 2.22. The maximum atomic E-state index is 11.8. The summed E-state index contributed by atoms with van der Waals surface area (Å²) in [6.07, 6.45) is 3.61. The monoisotopic (exact) mass is 425 g/mol. The van der Waals surface area contributed by atoms with E-state index in [1.807, 2.05) is 12.1 Å². The summed E-state index contributed by atoms with van der Waals surface area (Å²) in [5, 5.41) is 0. The van der Waals surface area contributed by atoms with Crippen LogP contribution in [0.1, 0.15) is 44.2 Å². The maximum Gasteiger partial charge on any atom is 0.236 e. The van der Waals surface area contributed by atoms with Crippen LogP contribution in [-0.4, -0.2) is 55.6 Å². The van der Waals surface area contributed by atoms with Crippen molar-refractivity contribution in [2.45, 2.75) is 52.3 Å². The first kappa shape index (κ1) is 25.1. The average molecular weight is 426 g/mol. The number of rotatable bonds is 13. The number of likely N-dealkylation sites (N-methyl/N-ethyl adjacent to an activating group) is 1. The second kappa shape index (κ2) is 13.3. The van der Waals surface area contributed by atoms with Crippen molar-refractivity contribution >= 4 is 5.91 Å². The molecule has 0 aliphatic heterocycles. The molecule has 0 spiro atoms. The third-order valence-corrected chi connectivity index (χ3v) is 5.74. The van der Waals surface area contributed by atoms with E-state index in [1.165, 1.54) is 11.1 Å². The number of ether oxygens (including phenoxy) is 1. The zero-order valence-electron chi connectivity index (χ0n) is 19.6. The van der Waals surface area contributed by atoms with Crippen LogP contribution in [0.3, 0.4) is 0 Å². The average Bonchev–Trinajstić information content (AvgIpc) is 2.79. The molecule has 0 bridgehead atoms. The van der Waals surface area contributed by atoms with E-state index in [0.29, 0.717) is 12.6 Å². The van der Waals surface area contributed by atoms with E-state index in [1.54, 1.807) is 19.1 Å². The van der Waals surface area contributed by atoms with E-state index in [9.17, 15) is 4.79 Å². The van der Waals surface area contributed by atoms with Crippen LogP contribution in [0.15, 0.2) is 48.5 Å². The number of benzene rings is 2. The number of nitrogens with zero attached hydrogens (tertiary/aromatic N) is 2. The largest absolute Gasteiger partial charge is 0.381 e. The van der Waals surface area contributed by atoms with Crippen molar-refractivity contribution < 1.29 is 9.53 Å². The van der Waals surface area contributed by atoms with Gasteiger partial charge in [-0.3, -0.25) is 9.69 Å². The summed E-state index contributed by atoms with van der Waals surface area (Å²) in [5.41, 5.74) is 10.2. The first-order valence-electron chi connectivity index (χ1n) is 11.4. The van der Waals surface area contributed by atoms with Crippen LogP contribution in [0.4, 0.5) is 0 Å². The van der Waals surface area contributed by atoms with Gasteiger partial charge in [-0.25, -0.2) is 0 Å². The van der Waals surface area contributed by atoms with Crippen molar-refractivity contribution in [1.82, 2.24) is 9.80 Å². The number of methoxy groups -OCH3 is 1. The second-order valence-electron chi connectivity index (χ2n) is 8.18. The van der Waals surface area contributed by atoms with Crippen LogP contribution in [0.2, 0.25) is 0 Å². The summed E-state index contributed by atoms with van der Waals surface area (Å²) in [6, 6.07) is 17.2. The number of nitrogens with two attached hydrogens (primary N) is 1. The molecule has 0 radical (unpaired) electrons. The lowest BCUT2D eigenvalue weighted by molar-refractivity contribution is -0.128. The van der Waals surface area contributed by atoms with Crippen LogP contribution in [0, 0.1) is 0 Å². The predicted octanol–water partition coefficient (Wildman–Crippen LogP) is 4.30. The van der Waals surface area contributed by atoms with Crippen LogP contribution < -0.4 is 5.73 Å². The third kappa shape index (κ3) is 8.09. The summed E-state index contributed by atoms with van der Waals surface area (Å²) in [4.78, 5) is 15.9. The van der Waals surface area contributed by atoms with Gasteiger partial charge in [0.25, 0.3) is 0 Å². The molecule has 0 aliphatic carbocycles. The lowest BCUT2D eigenvalue weighted by atomic mass is 10.0. The molecule has 0 fully saturated rings. The van der Waals surface area contributed by atoms with Gasteiger partial charge >= 0.3 is 0 Å². The molecule has 5 heteroatoms. The smallest absolute Gasteiger partial charge is 0.236 e. The minimum atomic E-state index is -0.0536. The first-order chi connectivity index (χ1) is 15.0. The number of carbonyl (C=O) groups is 1. The fourth-order valence-corrected chi connectivity index (χ4v) is 3.83. The molecule has 1 atom stereocenters. The quantitative estimate of drug-likeness (QED) is 0.520. The summed E-state index contributed by atoms with van der Waals surface area (Å²) in [6.45, 7) is 8.12. The Balaban J connectivity index is 2.03. The molecule has 2 N–H and O–H groups in total. The molecule has 1 unspecified atom stereocenters. The molecule has 2 aromatic rings. The Kier molecular flexibility index (Phi) is 10.7. The van der Waals surface area contributed by atoms with Crippen molar-refractivity contribution in [3.05, 3.63) is 59.7 Å². The van der Waals surface area contributed by atoms with Crippen LogP contribution >= 0.6 is 0 Å². The topological polar surface area (TPSA) is 58.8 Å². The highest BCUT2D eigenvalue weighted by molar-refractivity contribution is 5.77. The van der Waals surface area contributed by atoms with Gasteiger partial charge in [-0.1, -0.05) is 56.3 Å². The molecule has 0 saturated carbocycles. The Morgan fingerprint density at radius 2 is 1.74 bits per heavy atom. The van der Waals surface area contributed by atoms with Crippen molar-refractivity contribution in [3.8, 4) is 11.1 Å². The number of carbonyl (C=O) groups excluding carboxylic acids is 1. The number of hydrogen-bond donors (Lipinski definition) is 1. The summed E-state index contributed by atoms with van der Waals surface area (Å²) in [7, 11) is 3.59. The van der Waals surface area contributed by atoms with Gasteiger partial charge in [-0.2, -0.15) is 0 Å². The molecular formula is C26H39N3O2. The molecule has 0 saturated heterocycles. The van der Waals surface area contributed by atoms with E-state index >= 15 is 0 Å². The molecule has 170 valence electrons. The first-order valence-corrected chi connectivity index (χ1v) is 11.4. The standard InChI is InChI=1S/C26H39N3O2/c1-5-15-29(16-14-25(6-2)31-4)20-21-10-12-23(13-11-21)24-9-7-8-22(17-24)19-28(3)26(30)18-27/h7-13,17,25H,5-6,14-16,18-20,27H2,1-4H3. The maximum absolute atomic E-state index is 11.8. The number of amides is 1. The zero-order chi connectivity index (χ0) is 22.6. The molecule has 2 rings (SSSR count). The van der Waals surface area contributed by atoms with Crippen molar-refractivity contribution in [1.29, 1.82) is 0 Å². The lowest BCUT2D eigenvalue weighted by Crippen LogP contribution is -2.32. The molecular weight excluding hydrogens is 386 g/mol. The Morgan fingerprint density at radius 1 is 1.00 bits per heavy atom. The Morgan fingerprint density at radius 3 is 2.35 bits per heavy atom. The SMILES string of the molecule is CCCN(CCC(CC)OC)Cc1ccc(-c2cccc(CN(C)C(=O)CN)c2)cc1. The van der Waals surface area contributed by atoms with Crippen LogP contribution in [0.25, 0.3) is 11.1 Å². The molecule has 0 aromatic heterocycles. The van der Waals surface area contributed by atoms with Crippen molar-refractivity contribution in [3.63, 3.8) is 0 Å². The molecule has 1 amide bonds. The minimum Gasteiger partial charge on any atom is -0.381 e. The van der Waals surface area contributed by atoms with Gasteiger partial charge in [0.05, 0.1) is 12.6 Å². The van der Waals surface area contributed by atoms with Crippen molar-refractivity contribution in [2.24, 2.45) is 5.73 Å². The van der Waals surface area contributed by atoms with E-state index in [4.69, 9.17) is 10.5 Å². The number of hydrogen-bond acceptors (Lipinski definition) is 4.